The molecule has 0 saturated carbocycles. The fourth-order valence-electron chi connectivity index (χ4n) is 2.68. The molecule has 1 aromatic carbocycles. The number of rotatable bonds is 3. The van der Waals surface area contributed by atoms with E-state index < -0.39 is 29.7 Å². The molecule has 1 fully saturated rings. The number of amides is 4. The summed E-state index contributed by atoms with van der Waals surface area (Å²) in [4.78, 5) is 35.6. The minimum absolute atomic E-state index is 0.0450. The van der Waals surface area contributed by atoms with Crippen LogP contribution in [0.15, 0.2) is 42.0 Å². The molecule has 2 atom stereocenters. The van der Waals surface area contributed by atoms with E-state index in [9.17, 15) is 14.4 Å². The summed E-state index contributed by atoms with van der Waals surface area (Å²) in [7, 11) is 0. The third-order valence-electron chi connectivity index (χ3n) is 4.18. The van der Waals surface area contributed by atoms with Gasteiger partial charge in [-0.3, -0.25) is 20.2 Å². The van der Waals surface area contributed by atoms with E-state index in [0.29, 0.717) is 0 Å². The van der Waals surface area contributed by atoms with Gasteiger partial charge in [0.1, 0.15) is 0 Å². The second kappa shape index (κ2) is 6.18. The molecule has 4 amide bonds. The smallest absolute Gasteiger partial charge is 0.328 e. The lowest BCUT2D eigenvalue weighted by Gasteiger charge is -2.39. The number of hydrogen-bond donors (Lipinski definition) is 2. The normalized spacial score (nSPS) is 24.2. The van der Waals surface area contributed by atoms with E-state index in [1.54, 1.807) is 13.0 Å². The quantitative estimate of drug-likeness (QED) is 0.648. The number of carbonyl (C=O) groups excluding carboxylic acids is 3. The lowest BCUT2D eigenvalue weighted by Crippen LogP contribution is -2.69. The van der Waals surface area contributed by atoms with Crippen molar-refractivity contribution >= 4 is 17.8 Å². The number of imide groups is 2. The summed E-state index contributed by atoms with van der Waals surface area (Å²) in [5.41, 5.74) is -0.0729. The van der Waals surface area contributed by atoms with Gasteiger partial charge in [-0.15, -0.1) is 0 Å². The molecule has 1 aromatic rings. The number of barbiturate groups is 1. The van der Waals surface area contributed by atoms with Crippen LogP contribution in [0, 0.1) is 0 Å². The third kappa shape index (κ3) is 2.83. The van der Waals surface area contributed by atoms with Gasteiger partial charge in [-0.1, -0.05) is 36.4 Å². The van der Waals surface area contributed by atoms with E-state index >= 15 is 0 Å². The van der Waals surface area contributed by atoms with Crippen LogP contribution in [-0.4, -0.2) is 29.7 Å². The first-order valence-corrected chi connectivity index (χ1v) is 7.64. The van der Waals surface area contributed by atoms with Gasteiger partial charge < -0.3 is 9.47 Å². The van der Waals surface area contributed by atoms with Crippen LogP contribution in [0.25, 0.3) is 0 Å². The first kappa shape index (κ1) is 16.4. The number of urea groups is 1. The van der Waals surface area contributed by atoms with Crippen molar-refractivity contribution in [1.29, 1.82) is 0 Å². The Kier molecular flexibility index (Phi) is 4.21. The standard InChI is InChI=1S/C17H18N2O5/c1-10-8-9-17(14(20)18-16(22)19-15(17)21)24-13(10)23-11(2)12-6-4-3-5-7-12/h3-8,11,13H,9H2,1-2H3,(H2,18,19,20,21,22)/t11-,13+/m1/s1. The molecule has 0 aromatic heterocycles. The number of nitrogens with one attached hydrogen (secondary N) is 2. The SMILES string of the molecule is CC1=CCC2(O[C@@H]1O[C@H](C)c1ccccc1)C(=O)NC(=O)NC2=O. The van der Waals surface area contributed by atoms with Crippen molar-refractivity contribution in [1.82, 2.24) is 10.6 Å². The zero-order valence-electron chi connectivity index (χ0n) is 13.4. The lowest BCUT2D eigenvalue weighted by atomic mass is 9.91. The molecular weight excluding hydrogens is 312 g/mol. The lowest BCUT2D eigenvalue weighted by molar-refractivity contribution is -0.216. The van der Waals surface area contributed by atoms with Gasteiger partial charge in [-0.25, -0.2) is 4.79 Å². The summed E-state index contributed by atoms with van der Waals surface area (Å²) in [5, 5.41) is 4.14. The van der Waals surface area contributed by atoms with Crippen LogP contribution in [0.1, 0.15) is 31.9 Å². The molecule has 0 unspecified atom stereocenters. The summed E-state index contributed by atoms with van der Waals surface area (Å²) in [5.74, 6) is -1.55. The summed E-state index contributed by atoms with van der Waals surface area (Å²) in [6.07, 6.45) is 0.606. The van der Waals surface area contributed by atoms with E-state index in [2.05, 4.69) is 10.6 Å². The van der Waals surface area contributed by atoms with Crippen molar-refractivity contribution in [2.24, 2.45) is 0 Å². The van der Waals surface area contributed by atoms with Gasteiger partial charge in [0, 0.05) is 6.42 Å². The maximum atomic E-state index is 12.2. The third-order valence-corrected chi connectivity index (χ3v) is 4.18. The van der Waals surface area contributed by atoms with Crippen molar-refractivity contribution in [3.8, 4) is 0 Å². The van der Waals surface area contributed by atoms with E-state index in [-0.39, 0.29) is 12.5 Å². The largest absolute Gasteiger partial charge is 0.341 e. The highest BCUT2D eigenvalue weighted by atomic mass is 16.7. The Balaban J connectivity index is 1.81. The Bertz CT molecular complexity index is 693. The minimum Gasteiger partial charge on any atom is -0.341 e. The molecule has 1 saturated heterocycles. The molecule has 2 N–H and O–H groups in total. The Morgan fingerprint density at radius 1 is 1.17 bits per heavy atom. The first-order valence-electron chi connectivity index (χ1n) is 7.64. The molecule has 2 aliphatic heterocycles. The summed E-state index contributed by atoms with van der Waals surface area (Å²) in [6.45, 7) is 3.66. The molecule has 3 rings (SSSR count). The Labute approximate surface area is 139 Å². The first-order chi connectivity index (χ1) is 11.4. The molecule has 0 aliphatic carbocycles. The highest BCUT2D eigenvalue weighted by Crippen LogP contribution is 2.33. The highest BCUT2D eigenvalue weighted by Gasteiger charge is 2.54. The fraction of sp³-hybridized carbons (Fsp3) is 0.353. The van der Waals surface area contributed by atoms with Gasteiger partial charge in [0.15, 0.2) is 6.29 Å². The number of hydrogen-bond acceptors (Lipinski definition) is 5. The molecule has 126 valence electrons. The van der Waals surface area contributed by atoms with E-state index in [0.717, 1.165) is 11.1 Å². The maximum Gasteiger partial charge on any atom is 0.328 e. The molecule has 0 bridgehead atoms. The van der Waals surface area contributed by atoms with E-state index in [1.807, 2.05) is 37.3 Å². The van der Waals surface area contributed by atoms with Gasteiger partial charge in [0.05, 0.1) is 6.10 Å². The van der Waals surface area contributed by atoms with Gasteiger partial charge in [0.2, 0.25) is 5.60 Å². The van der Waals surface area contributed by atoms with Crippen LogP contribution >= 0.6 is 0 Å². The number of benzene rings is 1. The second-order valence-corrected chi connectivity index (χ2v) is 5.86. The van der Waals surface area contributed by atoms with Crippen molar-refractivity contribution in [2.45, 2.75) is 38.3 Å². The van der Waals surface area contributed by atoms with E-state index in [4.69, 9.17) is 9.47 Å². The predicted molar refractivity (Wildman–Crippen MR) is 83.6 cm³/mol. The summed E-state index contributed by atoms with van der Waals surface area (Å²) >= 11 is 0. The molecule has 0 radical (unpaired) electrons. The Morgan fingerprint density at radius 3 is 2.42 bits per heavy atom. The number of ether oxygens (including phenoxy) is 2. The predicted octanol–water partition coefficient (Wildman–Crippen LogP) is 1.56. The molecule has 7 nitrogen and oxygen atoms in total. The van der Waals surface area contributed by atoms with Gasteiger partial charge in [-0.05, 0) is 25.0 Å². The van der Waals surface area contributed by atoms with Gasteiger partial charge in [-0.2, -0.15) is 0 Å². The zero-order valence-corrected chi connectivity index (χ0v) is 13.4. The van der Waals surface area contributed by atoms with Crippen molar-refractivity contribution in [3.63, 3.8) is 0 Å². The fourth-order valence-corrected chi connectivity index (χ4v) is 2.68. The molecular formula is C17H18N2O5. The van der Waals surface area contributed by atoms with Crippen LogP contribution in [0.3, 0.4) is 0 Å². The molecule has 2 aliphatic rings. The Morgan fingerprint density at radius 2 is 1.79 bits per heavy atom. The minimum atomic E-state index is -1.78. The molecule has 7 heteroatoms. The van der Waals surface area contributed by atoms with Gasteiger partial charge in [0.25, 0.3) is 11.8 Å². The van der Waals surface area contributed by atoms with E-state index in [1.165, 1.54) is 0 Å². The maximum absolute atomic E-state index is 12.2. The highest BCUT2D eigenvalue weighted by molar-refractivity contribution is 6.21. The van der Waals surface area contributed by atoms with Crippen LogP contribution in [-0.2, 0) is 19.1 Å². The number of carbonyl (C=O) groups is 3. The summed E-state index contributed by atoms with van der Waals surface area (Å²) < 4.78 is 11.6. The van der Waals surface area contributed by atoms with Crippen molar-refractivity contribution < 1.29 is 23.9 Å². The summed E-state index contributed by atoms with van der Waals surface area (Å²) in [6, 6.07) is 8.69. The van der Waals surface area contributed by atoms with Crippen LogP contribution < -0.4 is 10.6 Å². The average Bonchev–Trinajstić information content (AvgIpc) is 2.56. The van der Waals surface area contributed by atoms with Gasteiger partial charge >= 0.3 is 6.03 Å². The second-order valence-electron chi connectivity index (χ2n) is 5.86. The topological polar surface area (TPSA) is 93.7 Å². The van der Waals surface area contributed by atoms with Crippen molar-refractivity contribution in [3.05, 3.63) is 47.5 Å². The van der Waals surface area contributed by atoms with Crippen LogP contribution in [0.4, 0.5) is 4.79 Å². The monoisotopic (exact) mass is 330 g/mol. The Hall–Kier alpha value is -2.51. The molecule has 2 heterocycles. The van der Waals surface area contributed by atoms with Crippen molar-refractivity contribution in [2.75, 3.05) is 0 Å². The zero-order chi connectivity index (χ0) is 17.3. The average molecular weight is 330 g/mol. The van der Waals surface area contributed by atoms with Crippen LogP contribution in [0.5, 0.6) is 0 Å². The molecule has 1 spiro atoms. The van der Waals surface area contributed by atoms with Crippen LogP contribution in [0.2, 0.25) is 0 Å². The molecule has 24 heavy (non-hydrogen) atoms.